The first kappa shape index (κ1) is 14.9. The number of hydrogen-bond donors (Lipinski definition) is 2. The summed E-state index contributed by atoms with van der Waals surface area (Å²) in [6, 6.07) is 12.9. The number of benzene rings is 2. The summed E-state index contributed by atoms with van der Waals surface area (Å²) in [5.74, 6) is 1.44. The van der Waals surface area contributed by atoms with Crippen LogP contribution in [0.2, 0.25) is 0 Å². The molecule has 0 spiro atoms. The Bertz CT molecular complexity index is 651. The molecule has 0 aliphatic carbocycles. The van der Waals surface area contributed by atoms with Crippen LogP contribution in [0.3, 0.4) is 0 Å². The van der Waals surface area contributed by atoms with Gasteiger partial charge in [-0.05, 0) is 41.8 Å². The smallest absolute Gasteiger partial charge is 0.251 e. The SMILES string of the molecule is CNC(=O)c1ccc(N)c(Oc2cccc(C(C)C)c2)c1. The van der Waals surface area contributed by atoms with Crippen molar-refractivity contribution in [2.45, 2.75) is 19.8 Å². The minimum Gasteiger partial charge on any atom is -0.455 e. The Hall–Kier alpha value is -2.49. The first-order valence-corrected chi connectivity index (χ1v) is 6.90. The van der Waals surface area contributed by atoms with Crippen molar-refractivity contribution < 1.29 is 9.53 Å². The molecule has 0 aliphatic rings. The molecular formula is C17H20N2O2. The highest BCUT2D eigenvalue weighted by molar-refractivity contribution is 5.95. The zero-order valence-corrected chi connectivity index (χ0v) is 12.5. The van der Waals surface area contributed by atoms with Crippen molar-refractivity contribution >= 4 is 11.6 Å². The second kappa shape index (κ2) is 6.31. The van der Waals surface area contributed by atoms with Crippen molar-refractivity contribution in [1.82, 2.24) is 5.32 Å². The van der Waals surface area contributed by atoms with E-state index in [1.807, 2.05) is 18.2 Å². The van der Waals surface area contributed by atoms with Crippen LogP contribution in [0.5, 0.6) is 11.5 Å². The van der Waals surface area contributed by atoms with Gasteiger partial charge in [0.15, 0.2) is 5.75 Å². The van der Waals surface area contributed by atoms with Gasteiger partial charge in [0.1, 0.15) is 5.75 Å². The van der Waals surface area contributed by atoms with E-state index >= 15 is 0 Å². The van der Waals surface area contributed by atoms with Crippen LogP contribution in [0.4, 0.5) is 5.69 Å². The summed E-state index contributed by atoms with van der Waals surface area (Å²) in [6.07, 6.45) is 0. The first-order chi connectivity index (χ1) is 10.0. The molecule has 4 heteroatoms. The summed E-state index contributed by atoms with van der Waals surface area (Å²) in [4.78, 5) is 11.7. The second-order valence-electron chi connectivity index (χ2n) is 5.16. The highest BCUT2D eigenvalue weighted by Gasteiger charge is 2.09. The molecule has 1 amide bonds. The minimum absolute atomic E-state index is 0.171. The Morgan fingerprint density at radius 3 is 2.62 bits per heavy atom. The van der Waals surface area contributed by atoms with Gasteiger partial charge in [0.05, 0.1) is 5.69 Å². The monoisotopic (exact) mass is 284 g/mol. The fraction of sp³-hybridized carbons (Fsp3) is 0.235. The molecular weight excluding hydrogens is 264 g/mol. The van der Waals surface area contributed by atoms with Gasteiger partial charge in [0.2, 0.25) is 0 Å². The Kier molecular flexibility index (Phi) is 4.48. The summed E-state index contributed by atoms with van der Waals surface area (Å²) < 4.78 is 5.83. The molecule has 0 bridgehead atoms. The van der Waals surface area contributed by atoms with Crippen LogP contribution in [0.1, 0.15) is 35.7 Å². The number of nitrogens with two attached hydrogens (primary N) is 1. The Labute approximate surface area is 124 Å². The summed E-state index contributed by atoms with van der Waals surface area (Å²) in [6.45, 7) is 4.25. The Morgan fingerprint density at radius 2 is 1.95 bits per heavy atom. The van der Waals surface area contributed by atoms with E-state index in [4.69, 9.17) is 10.5 Å². The van der Waals surface area contributed by atoms with Crippen molar-refractivity contribution in [3.8, 4) is 11.5 Å². The maximum absolute atomic E-state index is 11.7. The minimum atomic E-state index is -0.171. The third-order valence-corrected chi connectivity index (χ3v) is 3.26. The van der Waals surface area contributed by atoms with Crippen LogP contribution >= 0.6 is 0 Å². The van der Waals surface area contributed by atoms with E-state index in [9.17, 15) is 4.79 Å². The van der Waals surface area contributed by atoms with E-state index in [1.165, 1.54) is 5.56 Å². The lowest BCUT2D eigenvalue weighted by atomic mass is 10.0. The van der Waals surface area contributed by atoms with Crippen LogP contribution < -0.4 is 15.8 Å². The zero-order chi connectivity index (χ0) is 15.4. The predicted molar refractivity (Wildman–Crippen MR) is 84.8 cm³/mol. The normalized spacial score (nSPS) is 10.5. The molecule has 2 aromatic carbocycles. The number of rotatable bonds is 4. The molecule has 0 radical (unpaired) electrons. The average Bonchev–Trinajstić information content (AvgIpc) is 2.49. The lowest BCUT2D eigenvalue weighted by Gasteiger charge is -2.12. The molecule has 0 aliphatic heterocycles. The summed E-state index contributed by atoms with van der Waals surface area (Å²) in [7, 11) is 1.59. The van der Waals surface area contributed by atoms with Crippen molar-refractivity contribution in [2.75, 3.05) is 12.8 Å². The molecule has 21 heavy (non-hydrogen) atoms. The van der Waals surface area contributed by atoms with Gasteiger partial charge in [-0.25, -0.2) is 0 Å². The van der Waals surface area contributed by atoms with Gasteiger partial charge in [0.25, 0.3) is 5.91 Å². The standard InChI is InChI=1S/C17H20N2O2/c1-11(2)12-5-4-6-14(9-12)21-16-10-13(17(20)19-3)7-8-15(16)18/h4-11H,18H2,1-3H3,(H,19,20). The quantitative estimate of drug-likeness (QED) is 0.844. The number of nitrogen functional groups attached to an aromatic ring is 1. The van der Waals surface area contributed by atoms with Gasteiger partial charge in [0, 0.05) is 12.6 Å². The Morgan fingerprint density at radius 1 is 1.19 bits per heavy atom. The first-order valence-electron chi connectivity index (χ1n) is 6.90. The van der Waals surface area contributed by atoms with E-state index in [-0.39, 0.29) is 5.91 Å². The maximum atomic E-state index is 11.7. The molecule has 0 fully saturated rings. The van der Waals surface area contributed by atoms with Gasteiger partial charge < -0.3 is 15.8 Å². The van der Waals surface area contributed by atoms with Crippen LogP contribution in [0.25, 0.3) is 0 Å². The average molecular weight is 284 g/mol. The zero-order valence-electron chi connectivity index (χ0n) is 12.5. The molecule has 3 N–H and O–H groups in total. The summed E-state index contributed by atoms with van der Waals surface area (Å²) in [5.41, 5.74) is 8.12. The van der Waals surface area contributed by atoms with Crippen molar-refractivity contribution in [3.05, 3.63) is 53.6 Å². The second-order valence-corrected chi connectivity index (χ2v) is 5.16. The molecule has 0 atom stereocenters. The van der Waals surface area contributed by atoms with Crippen molar-refractivity contribution in [3.63, 3.8) is 0 Å². The fourth-order valence-electron chi connectivity index (χ4n) is 1.97. The molecule has 0 saturated heterocycles. The molecule has 0 unspecified atom stereocenters. The van der Waals surface area contributed by atoms with E-state index in [1.54, 1.807) is 25.2 Å². The van der Waals surface area contributed by atoms with Crippen molar-refractivity contribution in [2.24, 2.45) is 0 Å². The topological polar surface area (TPSA) is 64.4 Å². The molecule has 0 saturated carbocycles. The van der Waals surface area contributed by atoms with Crippen LogP contribution in [-0.4, -0.2) is 13.0 Å². The van der Waals surface area contributed by atoms with E-state index in [0.29, 0.717) is 28.7 Å². The Balaban J connectivity index is 2.30. The number of carbonyl (C=O) groups is 1. The number of nitrogens with one attached hydrogen (secondary N) is 1. The van der Waals surface area contributed by atoms with Gasteiger partial charge in [-0.3, -0.25) is 4.79 Å². The summed E-state index contributed by atoms with van der Waals surface area (Å²) in [5, 5.41) is 2.58. The lowest BCUT2D eigenvalue weighted by Crippen LogP contribution is -2.17. The number of anilines is 1. The van der Waals surface area contributed by atoms with E-state index < -0.39 is 0 Å². The van der Waals surface area contributed by atoms with Gasteiger partial charge in [-0.15, -0.1) is 0 Å². The van der Waals surface area contributed by atoms with Crippen molar-refractivity contribution in [1.29, 1.82) is 0 Å². The lowest BCUT2D eigenvalue weighted by molar-refractivity contribution is 0.0963. The number of carbonyl (C=O) groups excluding carboxylic acids is 1. The van der Waals surface area contributed by atoms with Gasteiger partial charge in [-0.2, -0.15) is 0 Å². The number of hydrogen-bond acceptors (Lipinski definition) is 3. The largest absolute Gasteiger partial charge is 0.455 e. The molecule has 4 nitrogen and oxygen atoms in total. The highest BCUT2D eigenvalue weighted by atomic mass is 16.5. The van der Waals surface area contributed by atoms with E-state index in [0.717, 1.165) is 0 Å². The third-order valence-electron chi connectivity index (χ3n) is 3.26. The third kappa shape index (κ3) is 3.54. The van der Waals surface area contributed by atoms with Crippen LogP contribution in [-0.2, 0) is 0 Å². The molecule has 0 aromatic heterocycles. The number of amides is 1. The summed E-state index contributed by atoms with van der Waals surface area (Å²) >= 11 is 0. The highest BCUT2D eigenvalue weighted by Crippen LogP contribution is 2.30. The molecule has 0 heterocycles. The molecule has 2 aromatic rings. The molecule has 110 valence electrons. The molecule has 2 rings (SSSR count). The van der Waals surface area contributed by atoms with Gasteiger partial charge >= 0.3 is 0 Å². The fourth-order valence-corrected chi connectivity index (χ4v) is 1.97. The van der Waals surface area contributed by atoms with Gasteiger partial charge in [-0.1, -0.05) is 26.0 Å². The van der Waals surface area contributed by atoms with E-state index in [2.05, 4.69) is 25.2 Å². The predicted octanol–water partition coefficient (Wildman–Crippen LogP) is 3.54. The number of ether oxygens (including phenoxy) is 1. The maximum Gasteiger partial charge on any atom is 0.251 e. The van der Waals surface area contributed by atoms with Crippen LogP contribution in [0, 0.1) is 0 Å². The van der Waals surface area contributed by atoms with Crippen LogP contribution in [0.15, 0.2) is 42.5 Å².